The summed E-state index contributed by atoms with van der Waals surface area (Å²) in [5, 5.41) is 3.85. The van der Waals surface area contributed by atoms with Gasteiger partial charge in [-0.2, -0.15) is 0 Å². The van der Waals surface area contributed by atoms with Crippen LogP contribution < -0.4 is 5.32 Å². The zero-order chi connectivity index (χ0) is 13.5. The summed E-state index contributed by atoms with van der Waals surface area (Å²) in [6.45, 7) is 4.16. The Kier molecular flexibility index (Phi) is 6.33. The van der Waals surface area contributed by atoms with Gasteiger partial charge in [-0.05, 0) is 30.0 Å². The van der Waals surface area contributed by atoms with E-state index in [0.717, 1.165) is 11.8 Å². The molecule has 0 saturated carbocycles. The van der Waals surface area contributed by atoms with Crippen LogP contribution in [0.25, 0.3) is 0 Å². The number of benzene rings is 1. The van der Waals surface area contributed by atoms with Crippen LogP contribution in [0.15, 0.2) is 24.3 Å². The molecule has 0 fully saturated rings. The van der Waals surface area contributed by atoms with E-state index in [2.05, 4.69) is 35.1 Å². The molecule has 1 rings (SSSR count). The monoisotopic (exact) mass is 315 g/mol. The lowest BCUT2D eigenvalue weighted by Gasteiger charge is -2.21. The van der Waals surface area contributed by atoms with E-state index in [1.807, 2.05) is 0 Å². The van der Waals surface area contributed by atoms with Gasteiger partial charge in [0.15, 0.2) is 0 Å². The molecule has 0 saturated heterocycles. The Hall–Kier alpha value is -0.900. The third kappa shape index (κ3) is 5.17. The minimum atomic E-state index is -0.304. The number of rotatable bonds is 6. The van der Waals surface area contributed by atoms with Gasteiger partial charge in [-0.25, -0.2) is 4.39 Å². The predicted molar refractivity (Wildman–Crippen MR) is 75.3 cm³/mol. The summed E-state index contributed by atoms with van der Waals surface area (Å²) in [5.41, 5.74) is 0.703. The normalized spacial score (nSPS) is 12.5. The molecule has 1 atom stereocenters. The third-order valence-corrected chi connectivity index (χ3v) is 3.28. The summed E-state index contributed by atoms with van der Waals surface area (Å²) in [6, 6.07) is 6.32. The standard InChI is InChI=1S/C14H19BrFNO/c1-10(2)13(6-7-15)17-14(18)9-11-4-3-5-12(16)8-11/h3-5,8,10,13H,6-7,9H2,1-2H3,(H,17,18). The van der Waals surface area contributed by atoms with E-state index in [-0.39, 0.29) is 24.2 Å². The number of alkyl halides is 1. The molecule has 1 aromatic rings. The molecule has 1 aromatic carbocycles. The van der Waals surface area contributed by atoms with Crippen LogP contribution in [0.3, 0.4) is 0 Å². The largest absolute Gasteiger partial charge is 0.353 e. The Morgan fingerprint density at radius 2 is 2.17 bits per heavy atom. The fourth-order valence-electron chi connectivity index (χ4n) is 1.78. The van der Waals surface area contributed by atoms with Gasteiger partial charge in [-0.3, -0.25) is 4.79 Å². The van der Waals surface area contributed by atoms with Crippen LogP contribution >= 0.6 is 15.9 Å². The van der Waals surface area contributed by atoms with Crippen LogP contribution in [-0.4, -0.2) is 17.3 Å². The molecule has 0 heterocycles. The smallest absolute Gasteiger partial charge is 0.224 e. The Bertz CT molecular complexity index is 395. The highest BCUT2D eigenvalue weighted by Crippen LogP contribution is 2.09. The Morgan fingerprint density at radius 3 is 2.72 bits per heavy atom. The second-order valence-electron chi connectivity index (χ2n) is 4.70. The molecule has 2 nitrogen and oxygen atoms in total. The Labute approximate surface area is 116 Å². The van der Waals surface area contributed by atoms with E-state index in [1.165, 1.54) is 12.1 Å². The highest BCUT2D eigenvalue weighted by molar-refractivity contribution is 9.09. The van der Waals surface area contributed by atoms with Gasteiger partial charge in [0.1, 0.15) is 5.82 Å². The second-order valence-corrected chi connectivity index (χ2v) is 5.50. The van der Waals surface area contributed by atoms with Gasteiger partial charge < -0.3 is 5.32 Å². The van der Waals surface area contributed by atoms with Crippen molar-refractivity contribution in [1.82, 2.24) is 5.32 Å². The minimum absolute atomic E-state index is 0.0553. The number of carbonyl (C=O) groups is 1. The maximum Gasteiger partial charge on any atom is 0.224 e. The molecule has 1 unspecified atom stereocenters. The predicted octanol–water partition coefficient (Wildman–Crippen LogP) is 3.29. The topological polar surface area (TPSA) is 29.1 Å². The second kappa shape index (κ2) is 7.52. The van der Waals surface area contributed by atoms with Gasteiger partial charge in [-0.15, -0.1) is 0 Å². The molecule has 1 amide bonds. The summed E-state index contributed by atoms with van der Waals surface area (Å²) in [5.74, 6) is 0.0282. The van der Waals surface area contributed by atoms with Crippen molar-refractivity contribution >= 4 is 21.8 Å². The molecular weight excluding hydrogens is 297 g/mol. The first-order valence-electron chi connectivity index (χ1n) is 6.12. The van der Waals surface area contributed by atoms with Crippen molar-refractivity contribution in [3.05, 3.63) is 35.6 Å². The van der Waals surface area contributed by atoms with Crippen LogP contribution in [0.1, 0.15) is 25.8 Å². The molecule has 0 aliphatic rings. The summed E-state index contributed by atoms with van der Waals surface area (Å²) in [7, 11) is 0. The van der Waals surface area contributed by atoms with Crippen molar-refractivity contribution in [2.75, 3.05) is 5.33 Å². The highest BCUT2D eigenvalue weighted by atomic mass is 79.9. The molecule has 0 radical (unpaired) electrons. The van der Waals surface area contributed by atoms with E-state index in [1.54, 1.807) is 12.1 Å². The summed E-state index contributed by atoms with van der Waals surface area (Å²) in [4.78, 5) is 11.9. The number of nitrogens with one attached hydrogen (secondary N) is 1. The molecule has 0 bridgehead atoms. The van der Waals surface area contributed by atoms with Crippen molar-refractivity contribution in [2.45, 2.75) is 32.7 Å². The van der Waals surface area contributed by atoms with Crippen LogP contribution in [0, 0.1) is 11.7 Å². The fraction of sp³-hybridized carbons (Fsp3) is 0.500. The molecular formula is C14H19BrFNO. The van der Waals surface area contributed by atoms with Gasteiger partial charge in [0, 0.05) is 11.4 Å². The molecule has 1 N–H and O–H groups in total. The van der Waals surface area contributed by atoms with E-state index in [0.29, 0.717) is 11.5 Å². The highest BCUT2D eigenvalue weighted by Gasteiger charge is 2.15. The van der Waals surface area contributed by atoms with E-state index >= 15 is 0 Å². The van der Waals surface area contributed by atoms with Crippen molar-refractivity contribution in [3.63, 3.8) is 0 Å². The number of amides is 1. The van der Waals surface area contributed by atoms with Gasteiger partial charge in [0.25, 0.3) is 0 Å². The lowest BCUT2D eigenvalue weighted by Crippen LogP contribution is -2.39. The van der Waals surface area contributed by atoms with Gasteiger partial charge in [0.05, 0.1) is 6.42 Å². The van der Waals surface area contributed by atoms with E-state index in [9.17, 15) is 9.18 Å². The molecule has 18 heavy (non-hydrogen) atoms. The van der Waals surface area contributed by atoms with Gasteiger partial charge in [0.2, 0.25) is 5.91 Å². The number of hydrogen-bond donors (Lipinski definition) is 1. The minimum Gasteiger partial charge on any atom is -0.353 e. The van der Waals surface area contributed by atoms with Gasteiger partial charge in [-0.1, -0.05) is 41.9 Å². The van der Waals surface area contributed by atoms with Crippen molar-refractivity contribution in [2.24, 2.45) is 5.92 Å². The maximum atomic E-state index is 13.0. The maximum absolute atomic E-state index is 13.0. The molecule has 0 aromatic heterocycles. The first-order valence-corrected chi connectivity index (χ1v) is 7.25. The quantitative estimate of drug-likeness (QED) is 0.802. The van der Waals surface area contributed by atoms with E-state index in [4.69, 9.17) is 0 Å². The first-order chi connectivity index (χ1) is 8.52. The van der Waals surface area contributed by atoms with Crippen molar-refractivity contribution in [1.29, 1.82) is 0 Å². The van der Waals surface area contributed by atoms with Crippen molar-refractivity contribution < 1.29 is 9.18 Å². The zero-order valence-electron chi connectivity index (χ0n) is 10.7. The molecule has 4 heteroatoms. The summed E-state index contributed by atoms with van der Waals surface area (Å²) < 4.78 is 13.0. The zero-order valence-corrected chi connectivity index (χ0v) is 12.3. The van der Waals surface area contributed by atoms with Crippen LogP contribution in [-0.2, 0) is 11.2 Å². The molecule has 100 valence electrons. The lowest BCUT2D eigenvalue weighted by atomic mass is 10.0. The summed E-state index contributed by atoms with van der Waals surface area (Å²) in [6.07, 6.45) is 1.12. The van der Waals surface area contributed by atoms with Crippen LogP contribution in [0.2, 0.25) is 0 Å². The average molecular weight is 316 g/mol. The number of carbonyl (C=O) groups excluding carboxylic acids is 1. The third-order valence-electron chi connectivity index (χ3n) is 2.82. The number of halogens is 2. The van der Waals surface area contributed by atoms with Crippen LogP contribution in [0.4, 0.5) is 4.39 Å². The summed E-state index contributed by atoms with van der Waals surface area (Å²) >= 11 is 3.38. The Morgan fingerprint density at radius 1 is 1.44 bits per heavy atom. The number of hydrogen-bond acceptors (Lipinski definition) is 1. The Balaban J connectivity index is 2.55. The van der Waals surface area contributed by atoms with Crippen molar-refractivity contribution in [3.8, 4) is 0 Å². The average Bonchev–Trinajstić information content (AvgIpc) is 2.28. The molecule has 0 spiro atoms. The van der Waals surface area contributed by atoms with Gasteiger partial charge >= 0.3 is 0 Å². The van der Waals surface area contributed by atoms with Crippen LogP contribution in [0.5, 0.6) is 0 Å². The van der Waals surface area contributed by atoms with E-state index < -0.39 is 0 Å². The lowest BCUT2D eigenvalue weighted by molar-refractivity contribution is -0.121. The molecule has 0 aliphatic heterocycles. The fourth-order valence-corrected chi connectivity index (χ4v) is 2.27. The molecule has 0 aliphatic carbocycles. The first kappa shape index (κ1) is 15.2. The SMILES string of the molecule is CC(C)C(CCBr)NC(=O)Cc1cccc(F)c1.